The van der Waals surface area contributed by atoms with Crippen LogP contribution in [0.2, 0.25) is 0 Å². The van der Waals surface area contributed by atoms with Gasteiger partial charge in [-0.25, -0.2) is 4.99 Å². The second-order valence-electron chi connectivity index (χ2n) is 2.90. The first-order valence-electron chi connectivity index (χ1n) is 4.38. The Morgan fingerprint density at radius 1 is 1.38 bits per heavy atom. The minimum absolute atomic E-state index is 0.119. The molecule has 0 aliphatic heterocycles. The molecule has 0 spiro atoms. The van der Waals surface area contributed by atoms with Crippen LogP contribution in [0.15, 0.2) is 34.4 Å². The van der Waals surface area contributed by atoms with Crippen LogP contribution in [0.1, 0.15) is 11.1 Å². The Hall–Kier alpha value is -1.85. The standard InChI is InChI=1S/C10H10F3N3/c1-14-9(16-15-2)7-4-3-5-8(6-7)10(11,12)13/h3-6,15H,1H2,2H3/b16-9-. The smallest absolute Gasteiger partial charge is 0.311 e. The molecule has 0 radical (unpaired) electrons. The number of hydrazone groups is 1. The zero-order chi connectivity index (χ0) is 12.2. The quantitative estimate of drug-likeness (QED) is 0.471. The lowest BCUT2D eigenvalue weighted by Crippen LogP contribution is -2.08. The molecule has 1 N–H and O–H groups in total. The number of hydrogen-bond donors (Lipinski definition) is 1. The van der Waals surface area contributed by atoms with Gasteiger partial charge in [0.2, 0.25) is 0 Å². The molecule has 1 aromatic rings. The number of nitrogens with one attached hydrogen (secondary N) is 1. The van der Waals surface area contributed by atoms with E-state index in [-0.39, 0.29) is 11.4 Å². The van der Waals surface area contributed by atoms with Crippen molar-refractivity contribution in [1.29, 1.82) is 0 Å². The van der Waals surface area contributed by atoms with Gasteiger partial charge >= 0.3 is 6.18 Å². The van der Waals surface area contributed by atoms with E-state index in [9.17, 15) is 13.2 Å². The predicted molar refractivity (Wildman–Crippen MR) is 56.6 cm³/mol. The van der Waals surface area contributed by atoms with E-state index in [0.29, 0.717) is 0 Å². The van der Waals surface area contributed by atoms with Gasteiger partial charge in [0.05, 0.1) is 5.56 Å². The Morgan fingerprint density at radius 3 is 2.56 bits per heavy atom. The Balaban J connectivity index is 3.17. The normalized spacial score (nSPS) is 12.4. The van der Waals surface area contributed by atoms with E-state index in [0.717, 1.165) is 12.1 Å². The molecule has 0 atom stereocenters. The highest BCUT2D eigenvalue weighted by atomic mass is 19.4. The van der Waals surface area contributed by atoms with Crippen molar-refractivity contribution in [2.75, 3.05) is 7.05 Å². The van der Waals surface area contributed by atoms with Gasteiger partial charge in [-0.1, -0.05) is 12.1 Å². The van der Waals surface area contributed by atoms with Crippen LogP contribution in [0.25, 0.3) is 0 Å². The molecule has 0 aromatic heterocycles. The Kier molecular flexibility index (Phi) is 3.65. The lowest BCUT2D eigenvalue weighted by Gasteiger charge is -2.08. The highest BCUT2D eigenvalue weighted by Gasteiger charge is 2.30. The molecule has 0 unspecified atom stereocenters. The number of aliphatic imine (C=N–C) groups is 1. The van der Waals surface area contributed by atoms with Crippen LogP contribution in [0.3, 0.4) is 0 Å². The lowest BCUT2D eigenvalue weighted by atomic mass is 10.1. The van der Waals surface area contributed by atoms with Crippen LogP contribution < -0.4 is 5.43 Å². The molecule has 0 saturated carbocycles. The number of nitrogens with zero attached hydrogens (tertiary/aromatic N) is 2. The van der Waals surface area contributed by atoms with Gasteiger partial charge in [0, 0.05) is 12.6 Å². The summed E-state index contributed by atoms with van der Waals surface area (Å²) >= 11 is 0. The molecule has 0 heterocycles. The number of amidine groups is 1. The summed E-state index contributed by atoms with van der Waals surface area (Å²) in [5.41, 5.74) is 1.97. The molecule has 16 heavy (non-hydrogen) atoms. The van der Waals surface area contributed by atoms with Crippen LogP contribution >= 0.6 is 0 Å². The topological polar surface area (TPSA) is 36.8 Å². The Bertz CT molecular complexity index is 410. The molecule has 0 amide bonds. The van der Waals surface area contributed by atoms with Gasteiger partial charge in [-0.2, -0.15) is 18.3 Å². The molecule has 0 aliphatic carbocycles. The van der Waals surface area contributed by atoms with Crippen LogP contribution in [0, 0.1) is 0 Å². The Morgan fingerprint density at radius 2 is 2.06 bits per heavy atom. The SMILES string of the molecule is C=N/C(=N\NC)c1cccc(C(F)(F)F)c1. The molecule has 0 fully saturated rings. The summed E-state index contributed by atoms with van der Waals surface area (Å²) in [5.74, 6) is 0.119. The summed E-state index contributed by atoms with van der Waals surface area (Å²) in [6, 6.07) is 4.75. The maximum atomic E-state index is 12.4. The van der Waals surface area contributed by atoms with Gasteiger partial charge in [0.1, 0.15) is 0 Å². The molecular weight excluding hydrogens is 219 g/mol. The summed E-state index contributed by atoms with van der Waals surface area (Å²) in [6.45, 7) is 3.25. The van der Waals surface area contributed by atoms with Crippen molar-refractivity contribution >= 4 is 12.6 Å². The third kappa shape index (κ3) is 2.82. The van der Waals surface area contributed by atoms with Crippen molar-refractivity contribution in [3.05, 3.63) is 35.4 Å². The highest BCUT2D eigenvalue weighted by molar-refractivity contribution is 6.01. The van der Waals surface area contributed by atoms with E-state index in [1.54, 1.807) is 0 Å². The maximum Gasteiger partial charge on any atom is 0.416 e. The van der Waals surface area contributed by atoms with E-state index in [1.807, 2.05) is 0 Å². The lowest BCUT2D eigenvalue weighted by molar-refractivity contribution is -0.137. The minimum Gasteiger partial charge on any atom is -0.311 e. The van der Waals surface area contributed by atoms with E-state index in [1.165, 1.54) is 19.2 Å². The number of alkyl halides is 3. The summed E-state index contributed by atoms with van der Waals surface area (Å²) in [4.78, 5) is 3.54. The summed E-state index contributed by atoms with van der Waals surface area (Å²) < 4.78 is 37.3. The van der Waals surface area contributed by atoms with Gasteiger partial charge in [-0.3, -0.25) is 0 Å². The first-order valence-corrected chi connectivity index (χ1v) is 4.38. The summed E-state index contributed by atoms with van der Waals surface area (Å²) in [6.07, 6.45) is -4.37. The van der Waals surface area contributed by atoms with E-state index in [4.69, 9.17) is 0 Å². The van der Waals surface area contributed by atoms with Crippen LogP contribution in [0.5, 0.6) is 0 Å². The summed E-state index contributed by atoms with van der Waals surface area (Å²) in [7, 11) is 1.53. The predicted octanol–water partition coefficient (Wildman–Crippen LogP) is 2.29. The van der Waals surface area contributed by atoms with Crippen LogP contribution in [-0.2, 0) is 6.18 Å². The third-order valence-corrected chi connectivity index (χ3v) is 1.82. The molecule has 6 heteroatoms. The number of halogens is 3. The fraction of sp³-hybridized carbons (Fsp3) is 0.200. The number of benzene rings is 1. The van der Waals surface area contributed by atoms with Gasteiger partial charge in [0.15, 0.2) is 5.84 Å². The van der Waals surface area contributed by atoms with Gasteiger partial charge in [-0.15, -0.1) is 0 Å². The fourth-order valence-corrected chi connectivity index (χ4v) is 1.13. The summed E-state index contributed by atoms with van der Waals surface area (Å²) in [5, 5.41) is 3.71. The van der Waals surface area contributed by atoms with Crippen LogP contribution in [0.4, 0.5) is 13.2 Å². The first-order chi connectivity index (χ1) is 7.49. The highest BCUT2D eigenvalue weighted by Crippen LogP contribution is 2.29. The average Bonchev–Trinajstić information content (AvgIpc) is 2.25. The Labute approximate surface area is 90.7 Å². The van der Waals surface area contributed by atoms with Gasteiger partial charge in [-0.05, 0) is 18.9 Å². The molecule has 3 nitrogen and oxygen atoms in total. The van der Waals surface area contributed by atoms with E-state index < -0.39 is 11.7 Å². The van der Waals surface area contributed by atoms with Crippen molar-refractivity contribution < 1.29 is 13.2 Å². The van der Waals surface area contributed by atoms with Gasteiger partial charge < -0.3 is 5.43 Å². The molecule has 0 bridgehead atoms. The molecular formula is C10H10F3N3. The molecule has 1 aromatic carbocycles. The van der Waals surface area contributed by atoms with Crippen molar-refractivity contribution in [3.8, 4) is 0 Å². The van der Waals surface area contributed by atoms with Crippen molar-refractivity contribution in [2.24, 2.45) is 10.1 Å². The second kappa shape index (κ2) is 4.78. The molecule has 0 aliphatic rings. The molecule has 86 valence electrons. The van der Waals surface area contributed by atoms with Crippen LogP contribution in [-0.4, -0.2) is 19.6 Å². The molecule has 1 rings (SSSR count). The van der Waals surface area contributed by atoms with Crippen molar-refractivity contribution in [1.82, 2.24) is 5.43 Å². The largest absolute Gasteiger partial charge is 0.416 e. The zero-order valence-electron chi connectivity index (χ0n) is 8.54. The number of hydrogen-bond acceptors (Lipinski definition) is 2. The van der Waals surface area contributed by atoms with E-state index in [2.05, 4.69) is 22.2 Å². The van der Waals surface area contributed by atoms with Crippen molar-refractivity contribution in [2.45, 2.75) is 6.18 Å². The minimum atomic E-state index is -4.37. The average molecular weight is 229 g/mol. The molecule has 0 saturated heterocycles. The zero-order valence-corrected chi connectivity index (χ0v) is 8.54. The first kappa shape index (κ1) is 12.2. The van der Waals surface area contributed by atoms with Crippen molar-refractivity contribution in [3.63, 3.8) is 0 Å². The third-order valence-electron chi connectivity index (χ3n) is 1.82. The number of rotatable bonds is 2. The second-order valence-corrected chi connectivity index (χ2v) is 2.90. The van der Waals surface area contributed by atoms with Gasteiger partial charge in [0.25, 0.3) is 0 Å². The van der Waals surface area contributed by atoms with E-state index >= 15 is 0 Å². The fourth-order valence-electron chi connectivity index (χ4n) is 1.13. The monoisotopic (exact) mass is 229 g/mol. The maximum absolute atomic E-state index is 12.4.